The fourth-order valence-electron chi connectivity index (χ4n) is 1.36. The number of benzene rings is 1. The lowest BCUT2D eigenvalue weighted by Crippen LogP contribution is -2.04. The molecule has 4 heteroatoms. The van der Waals surface area contributed by atoms with Gasteiger partial charge in [-0.2, -0.15) is 0 Å². The number of carbonyl (C=O) groups excluding carboxylic acids is 1. The summed E-state index contributed by atoms with van der Waals surface area (Å²) in [7, 11) is 1.60. The van der Waals surface area contributed by atoms with Crippen molar-refractivity contribution in [3.8, 4) is 0 Å². The van der Waals surface area contributed by atoms with Crippen LogP contribution in [0.1, 0.15) is 18.9 Å². The Hall–Kier alpha value is -1.42. The van der Waals surface area contributed by atoms with Gasteiger partial charge in [-0.15, -0.1) is 11.8 Å². The highest BCUT2D eigenvalue weighted by molar-refractivity contribution is 7.99. The molecule has 1 aromatic carbocycles. The van der Waals surface area contributed by atoms with E-state index in [1.807, 2.05) is 31.2 Å². The normalized spacial score (nSPS) is 9.89. The summed E-state index contributed by atoms with van der Waals surface area (Å²) in [6.45, 7) is 6.06. The van der Waals surface area contributed by atoms with E-state index >= 15 is 0 Å². The van der Waals surface area contributed by atoms with Crippen molar-refractivity contribution in [1.29, 1.82) is 0 Å². The molecule has 0 aliphatic carbocycles. The summed E-state index contributed by atoms with van der Waals surface area (Å²) in [5.41, 5.74) is 0.957. The number of esters is 1. The predicted molar refractivity (Wildman–Crippen MR) is 74.5 cm³/mol. The maximum atomic E-state index is 11.2. The molecular weight excluding hydrogens is 248 g/mol. The summed E-state index contributed by atoms with van der Waals surface area (Å²) in [4.78, 5) is 12.3. The smallest absolute Gasteiger partial charge is 0.306 e. The molecule has 3 nitrogen and oxygen atoms in total. The first-order chi connectivity index (χ1) is 8.67. The van der Waals surface area contributed by atoms with Crippen LogP contribution < -0.4 is 0 Å². The molecule has 0 amide bonds. The zero-order valence-electron chi connectivity index (χ0n) is 10.8. The lowest BCUT2D eigenvalue weighted by molar-refractivity contribution is -0.142. The molecule has 0 N–H and O–H groups in total. The Morgan fingerprint density at radius 3 is 2.89 bits per heavy atom. The first kappa shape index (κ1) is 14.6. The van der Waals surface area contributed by atoms with Crippen molar-refractivity contribution < 1.29 is 14.3 Å². The molecule has 0 unspecified atom stereocenters. The average molecular weight is 266 g/mol. The lowest BCUT2D eigenvalue weighted by atomic mass is 10.2. The van der Waals surface area contributed by atoms with Crippen molar-refractivity contribution in [2.75, 3.05) is 19.5 Å². The van der Waals surface area contributed by atoms with Crippen LogP contribution in [0, 0.1) is 0 Å². The third kappa shape index (κ3) is 4.84. The first-order valence-electron chi connectivity index (χ1n) is 5.79. The zero-order valence-corrected chi connectivity index (χ0v) is 11.6. The molecule has 0 bridgehead atoms. The fraction of sp³-hybridized carbons (Fsp3) is 0.357. The monoisotopic (exact) mass is 266 g/mol. The highest BCUT2D eigenvalue weighted by atomic mass is 32.2. The van der Waals surface area contributed by atoms with Crippen molar-refractivity contribution >= 4 is 23.5 Å². The number of hydrogen-bond donors (Lipinski definition) is 0. The zero-order chi connectivity index (χ0) is 13.4. The van der Waals surface area contributed by atoms with Crippen LogP contribution in [0.15, 0.2) is 35.7 Å². The molecule has 1 rings (SSSR count). The largest absolute Gasteiger partial charge is 0.497 e. The lowest BCUT2D eigenvalue weighted by Gasteiger charge is -2.06. The van der Waals surface area contributed by atoms with E-state index < -0.39 is 0 Å². The van der Waals surface area contributed by atoms with Crippen LogP contribution in [0.2, 0.25) is 0 Å². The number of methoxy groups -OCH3 is 1. The second kappa shape index (κ2) is 7.82. The standard InChI is InChI=1S/C14H18O3S/c1-4-17-14(15)8-9-18-13-7-5-6-12(10-13)11(2)16-3/h5-7,10H,2,4,8-9H2,1,3H3. The van der Waals surface area contributed by atoms with E-state index in [0.29, 0.717) is 24.5 Å². The highest BCUT2D eigenvalue weighted by Gasteiger charge is 2.04. The molecule has 98 valence electrons. The Morgan fingerprint density at radius 1 is 1.44 bits per heavy atom. The van der Waals surface area contributed by atoms with Crippen LogP contribution in [0.5, 0.6) is 0 Å². The molecular formula is C14H18O3S. The van der Waals surface area contributed by atoms with E-state index in [-0.39, 0.29) is 5.97 Å². The van der Waals surface area contributed by atoms with Gasteiger partial charge < -0.3 is 9.47 Å². The average Bonchev–Trinajstić information content (AvgIpc) is 2.38. The maximum Gasteiger partial charge on any atom is 0.306 e. The first-order valence-corrected chi connectivity index (χ1v) is 6.77. The maximum absolute atomic E-state index is 11.2. The van der Waals surface area contributed by atoms with Crippen LogP contribution in [0.3, 0.4) is 0 Å². The van der Waals surface area contributed by atoms with E-state index in [9.17, 15) is 4.79 Å². The Balaban J connectivity index is 2.47. The number of ether oxygens (including phenoxy) is 2. The molecule has 0 heterocycles. The van der Waals surface area contributed by atoms with E-state index in [1.54, 1.807) is 18.9 Å². The molecule has 0 saturated carbocycles. The Bertz CT molecular complexity index is 415. The third-order valence-electron chi connectivity index (χ3n) is 2.28. The van der Waals surface area contributed by atoms with Crippen molar-refractivity contribution in [2.45, 2.75) is 18.2 Å². The van der Waals surface area contributed by atoms with E-state index in [2.05, 4.69) is 6.58 Å². The molecule has 0 saturated heterocycles. The van der Waals surface area contributed by atoms with Crippen molar-refractivity contribution in [1.82, 2.24) is 0 Å². The summed E-state index contributed by atoms with van der Waals surface area (Å²) >= 11 is 1.62. The van der Waals surface area contributed by atoms with Crippen molar-refractivity contribution in [3.63, 3.8) is 0 Å². The fourth-order valence-corrected chi connectivity index (χ4v) is 2.25. The van der Waals surface area contributed by atoms with Crippen LogP contribution >= 0.6 is 11.8 Å². The third-order valence-corrected chi connectivity index (χ3v) is 3.28. The van der Waals surface area contributed by atoms with Crippen LogP contribution in [0.4, 0.5) is 0 Å². The SMILES string of the molecule is C=C(OC)c1cccc(SCCC(=O)OCC)c1. The second-order valence-corrected chi connectivity index (χ2v) is 4.73. The summed E-state index contributed by atoms with van der Waals surface area (Å²) in [5.74, 6) is 1.20. The number of carbonyl (C=O) groups is 1. The molecule has 0 fully saturated rings. The number of rotatable bonds is 7. The molecule has 1 aromatic rings. The van der Waals surface area contributed by atoms with Gasteiger partial charge in [-0.3, -0.25) is 4.79 Å². The van der Waals surface area contributed by atoms with Gasteiger partial charge in [0.2, 0.25) is 0 Å². The van der Waals surface area contributed by atoms with Gasteiger partial charge in [0.05, 0.1) is 20.1 Å². The van der Waals surface area contributed by atoms with Gasteiger partial charge in [0.25, 0.3) is 0 Å². The molecule has 0 atom stereocenters. The second-order valence-electron chi connectivity index (χ2n) is 3.56. The minimum Gasteiger partial charge on any atom is -0.497 e. The molecule has 0 aliphatic heterocycles. The molecule has 0 radical (unpaired) electrons. The molecule has 0 aromatic heterocycles. The van der Waals surface area contributed by atoms with E-state index in [1.165, 1.54) is 0 Å². The molecule has 0 spiro atoms. The van der Waals surface area contributed by atoms with E-state index in [4.69, 9.17) is 9.47 Å². The Labute approximate surface area is 112 Å². The quantitative estimate of drug-likeness (QED) is 0.431. The Morgan fingerprint density at radius 2 is 2.22 bits per heavy atom. The van der Waals surface area contributed by atoms with Crippen molar-refractivity contribution in [3.05, 3.63) is 36.4 Å². The van der Waals surface area contributed by atoms with Gasteiger partial charge in [0.1, 0.15) is 5.76 Å². The predicted octanol–water partition coefficient (Wildman–Crippen LogP) is 3.35. The van der Waals surface area contributed by atoms with Gasteiger partial charge in [-0.25, -0.2) is 0 Å². The summed E-state index contributed by atoms with van der Waals surface area (Å²) in [6, 6.07) is 7.90. The van der Waals surface area contributed by atoms with E-state index in [0.717, 1.165) is 10.5 Å². The van der Waals surface area contributed by atoms with Crippen LogP contribution in [-0.2, 0) is 14.3 Å². The number of thioether (sulfide) groups is 1. The Kier molecular flexibility index (Phi) is 6.36. The summed E-state index contributed by atoms with van der Waals surface area (Å²) < 4.78 is 9.96. The van der Waals surface area contributed by atoms with Gasteiger partial charge in [-0.1, -0.05) is 18.7 Å². The summed E-state index contributed by atoms with van der Waals surface area (Å²) in [6.07, 6.45) is 0.425. The molecule has 18 heavy (non-hydrogen) atoms. The van der Waals surface area contributed by atoms with Crippen LogP contribution in [-0.4, -0.2) is 25.4 Å². The van der Waals surface area contributed by atoms with Gasteiger partial charge in [-0.05, 0) is 19.1 Å². The van der Waals surface area contributed by atoms with Crippen molar-refractivity contribution in [2.24, 2.45) is 0 Å². The topological polar surface area (TPSA) is 35.5 Å². The van der Waals surface area contributed by atoms with Gasteiger partial charge in [0, 0.05) is 16.2 Å². The summed E-state index contributed by atoms with van der Waals surface area (Å²) in [5, 5.41) is 0. The van der Waals surface area contributed by atoms with Crippen LogP contribution in [0.25, 0.3) is 5.76 Å². The number of hydrogen-bond acceptors (Lipinski definition) is 4. The minimum atomic E-state index is -0.151. The minimum absolute atomic E-state index is 0.151. The molecule has 0 aliphatic rings. The van der Waals surface area contributed by atoms with Gasteiger partial charge >= 0.3 is 5.97 Å². The van der Waals surface area contributed by atoms with Gasteiger partial charge in [0.15, 0.2) is 0 Å². The highest BCUT2D eigenvalue weighted by Crippen LogP contribution is 2.23.